The second-order valence-electron chi connectivity index (χ2n) is 8.83. The van der Waals surface area contributed by atoms with Crippen LogP contribution in [0.15, 0.2) is 60.8 Å². The molecule has 0 amide bonds. The van der Waals surface area contributed by atoms with Crippen molar-refractivity contribution in [2.45, 2.75) is 51.6 Å². The Hall–Kier alpha value is -2.28. The third kappa shape index (κ3) is 1.76. The van der Waals surface area contributed by atoms with Gasteiger partial charge in [0.1, 0.15) is 0 Å². The number of nitrogens with zero attached hydrogens (tertiary/aromatic N) is 1. The zero-order valence-electron chi connectivity index (χ0n) is 16.4. The first-order chi connectivity index (χ1) is 12.4. The summed E-state index contributed by atoms with van der Waals surface area (Å²) < 4.78 is 0. The molecule has 1 saturated carbocycles. The molecule has 1 nitrogen and oxygen atoms in total. The molecule has 26 heavy (non-hydrogen) atoms. The second-order valence-corrected chi connectivity index (χ2v) is 8.83. The van der Waals surface area contributed by atoms with Crippen molar-refractivity contribution in [1.29, 1.82) is 0 Å². The van der Waals surface area contributed by atoms with E-state index < -0.39 is 0 Å². The highest BCUT2D eigenvalue weighted by molar-refractivity contribution is 5.76. The van der Waals surface area contributed by atoms with Crippen molar-refractivity contribution in [2.75, 3.05) is 0 Å². The van der Waals surface area contributed by atoms with Gasteiger partial charge in [-0.25, -0.2) is 0 Å². The van der Waals surface area contributed by atoms with E-state index in [1.807, 2.05) is 0 Å². The van der Waals surface area contributed by atoms with Gasteiger partial charge in [0.05, 0.1) is 11.6 Å². The van der Waals surface area contributed by atoms with Gasteiger partial charge in [-0.15, -0.1) is 0 Å². The molecule has 5 rings (SSSR count). The lowest BCUT2D eigenvalue weighted by molar-refractivity contribution is 0.184. The van der Waals surface area contributed by atoms with Gasteiger partial charge in [-0.3, -0.25) is 0 Å². The lowest BCUT2D eigenvalue weighted by Gasteiger charge is -2.45. The highest BCUT2D eigenvalue weighted by atomic mass is 15.3. The predicted octanol–water partition coefficient (Wildman–Crippen LogP) is 5.94. The molecule has 4 atom stereocenters. The first kappa shape index (κ1) is 15.9. The summed E-state index contributed by atoms with van der Waals surface area (Å²) in [4.78, 5) is 2.65. The monoisotopic (exact) mass is 341 g/mol. The number of hydrogen-bond acceptors (Lipinski definition) is 1. The summed E-state index contributed by atoms with van der Waals surface area (Å²) in [5.74, 6) is 0.643. The summed E-state index contributed by atoms with van der Waals surface area (Å²) in [7, 11) is 0. The number of benzene rings is 2. The fourth-order valence-electron chi connectivity index (χ4n) is 5.81. The van der Waals surface area contributed by atoms with Crippen molar-refractivity contribution < 1.29 is 0 Å². The molecule has 2 aromatic carbocycles. The predicted molar refractivity (Wildman–Crippen MR) is 109 cm³/mol. The third-order valence-corrected chi connectivity index (χ3v) is 7.64. The lowest BCUT2D eigenvalue weighted by atomic mass is 9.79. The van der Waals surface area contributed by atoms with Crippen LogP contribution in [0, 0.1) is 19.8 Å². The molecule has 2 heterocycles. The topological polar surface area (TPSA) is 3.24 Å². The SMILES string of the molecule is Cc1cc(C)cc(C2=CN3C(C=C2)c2ccccc2C2(C)C(C)C32C)c1. The van der Waals surface area contributed by atoms with Crippen molar-refractivity contribution in [3.8, 4) is 0 Å². The maximum Gasteiger partial charge on any atom is 0.0733 e. The number of hydrogen-bond donors (Lipinski definition) is 0. The molecule has 1 aliphatic carbocycles. The molecule has 0 spiro atoms. The fourth-order valence-corrected chi connectivity index (χ4v) is 5.81. The minimum atomic E-state index is 0.181. The van der Waals surface area contributed by atoms with Gasteiger partial charge in [0.25, 0.3) is 0 Å². The van der Waals surface area contributed by atoms with Crippen LogP contribution in [-0.2, 0) is 5.41 Å². The van der Waals surface area contributed by atoms with Crippen LogP contribution in [0.2, 0.25) is 0 Å². The molecule has 0 radical (unpaired) electrons. The van der Waals surface area contributed by atoms with Gasteiger partial charge in [-0.05, 0) is 49.0 Å². The van der Waals surface area contributed by atoms with Gasteiger partial charge in [0.2, 0.25) is 0 Å². The largest absolute Gasteiger partial charge is 0.360 e. The average Bonchev–Trinajstić information content (AvgIpc) is 3.09. The number of rotatable bonds is 1. The van der Waals surface area contributed by atoms with Crippen LogP contribution in [0.1, 0.15) is 54.6 Å². The molecule has 132 valence electrons. The molecule has 1 heteroatoms. The van der Waals surface area contributed by atoms with Gasteiger partial charge >= 0.3 is 0 Å². The summed E-state index contributed by atoms with van der Waals surface area (Å²) in [5, 5.41) is 0. The van der Waals surface area contributed by atoms with E-state index >= 15 is 0 Å². The Morgan fingerprint density at radius 1 is 0.962 bits per heavy atom. The summed E-state index contributed by atoms with van der Waals surface area (Å²) in [6.45, 7) is 11.7. The molecule has 0 aromatic heterocycles. The van der Waals surface area contributed by atoms with Crippen molar-refractivity contribution in [3.63, 3.8) is 0 Å². The summed E-state index contributed by atoms with van der Waals surface area (Å²) in [5.41, 5.74) is 8.75. The van der Waals surface area contributed by atoms with Gasteiger partial charge in [0.15, 0.2) is 0 Å². The molecule has 0 saturated heterocycles. The zero-order chi connectivity index (χ0) is 18.3. The Labute approximate surface area is 157 Å². The van der Waals surface area contributed by atoms with Gasteiger partial charge < -0.3 is 4.90 Å². The Balaban J connectivity index is 1.67. The quantitative estimate of drug-likeness (QED) is 0.621. The standard InChI is InChI=1S/C25H27N/c1-16-12-17(2)14-20(13-16)19-10-11-23-21-8-6-7-9-22(21)24(4)18(3)25(24,5)26(23)15-19/h6-15,18,23H,1-5H3. The minimum Gasteiger partial charge on any atom is -0.360 e. The van der Waals surface area contributed by atoms with Crippen molar-refractivity contribution >= 4 is 5.57 Å². The molecule has 4 unspecified atom stereocenters. The van der Waals surface area contributed by atoms with E-state index in [0.29, 0.717) is 12.0 Å². The Bertz CT molecular complexity index is 961. The Kier molecular flexibility index (Phi) is 3.01. The van der Waals surface area contributed by atoms with Gasteiger partial charge in [-0.1, -0.05) is 79.6 Å². The molecule has 2 aliphatic heterocycles. The van der Waals surface area contributed by atoms with Crippen LogP contribution in [0.4, 0.5) is 0 Å². The van der Waals surface area contributed by atoms with E-state index in [1.54, 1.807) is 5.56 Å². The fraction of sp³-hybridized carbons (Fsp3) is 0.360. The van der Waals surface area contributed by atoms with Crippen LogP contribution in [-0.4, -0.2) is 10.4 Å². The average molecular weight is 341 g/mol. The van der Waals surface area contributed by atoms with Crippen molar-refractivity contribution in [3.05, 3.63) is 88.6 Å². The third-order valence-electron chi connectivity index (χ3n) is 7.64. The van der Waals surface area contributed by atoms with E-state index in [4.69, 9.17) is 0 Å². The van der Waals surface area contributed by atoms with Crippen LogP contribution in [0.25, 0.3) is 5.57 Å². The first-order valence-corrected chi connectivity index (χ1v) is 9.74. The molecule has 1 fully saturated rings. The maximum atomic E-state index is 2.65. The Morgan fingerprint density at radius 3 is 2.38 bits per heavy atom. The summed E-state index contributed by atoms with van der Waals surface area (Å²) >= 11 is 0. The van der Waals surface area contributed by atoms with Crippen molar-refractivity contribution in [1.82, 2.24) is 4.90 Å². The van der Waals surface area contributed by atoms with E-state index in [0.717, 1.165) is 0 Å². The van der Waals surface area contributed by atoms with Crippen LogP contribution in [0.5, 0.6) is 0 Å². The van der Waals surface area contributed by atoms with Gasteiger partial charge in [0, 0.05) is 11.6 Å². The first-order valence-electron chi connectivity index (χ1n) is 9.74. The van der Waals surface area contributed by atoms with Gasteiger partial charge in [-0.2, -0.15) is 0 Å². The number of allylic oxidation sites excluding steroid dienone is 2. The summed E-state index contributed by atoms with van der Waals surface area (Å²) in [6, 6.07) is 16.3. The second kappa shape index (κ2) is 4.91. The van der Waals surface area contributed by atoms with E-state index in [9.17, 15) is 0 Å². The highest BCUT2D eigenvalue weighted by Crippen LogP contribution is 2.71. The van der Waals surface area contributed by atoms with Crippen LogP contribution in [0.3, 0.4) is 0 Å². The van der Waals surface area contributed by atoms with Crippen LogP contribution >= 0.6 is 0 Å². The highest BCUT2D eigenvalue weighted by Gasteiger charge is 2.74. The molecule has 0 N–H and O–H groups in total. The maximum absolute atomic E-state index is 2.65. The molecule has 0 bridgehead atoms. The lowest BCUT2D eigenvalue weighted by Crippen LogP contribution is -2.44. The van der Waals surface area contributed by atoms with E-state index in [2.05, 4.69) is 100 Å². The van der Waals surface area contributed by atoms with Crippen LogP contribution < -0.4 is 0 Å². The number of fused-ring (bicyclic) bond motifs is 6. The zero-order valence-corrected chi connectivity index (χ0v) is 16.4. The molecule has 3 aliphatic rings. The van der Waals surface area contributed by atoms with Crippen molar-refractivity contribution in [2.24, 2.45) is 5.92 Å². The smallest absolute Gasteiger partial charge is 0.0733 e. The molecular weight excluding hydrogens is 314 g/mol. The Morgan fingerprint density at radius 2 is 1.65 bits per heavy atom. The summed E-state index contributed by atoms with van der Waals surface area (Å²) in [6.07, 6.45) is 7.16. The normalized spacial score (nSPS) is 33.9. The minimum absolute atomic E-state index is 0.181. The molecular formula is C25H27N. The number of aryl methyl sites for hydroxylation is 2. The molecule has 2 aromatic rings. The van der Waals surface area contributed by atoms with E-state index in [-0.39, 0.29) is 11.0 Å². The van der Waals surface area contributed by atoms with E-state index in [1.165, 1.54) is 27.8 Å².